The summed E-state index contributed by atoms with van der Waals surface area (Å²) in [4.78, 5) is 21.0. The van der Waals surface area contributed by atoms with Gasteiger partial charge in [0.1, 0.15) is 6.10 Å². The minimum absolute atomic E-state index is 0.170. The van der Waals surface area contributed by atoms with Gasteiger partial charge in [-0.1, -0.05) is 19.3 Å². The first-order valence-corrected chi connectivity index (χ1v) is 7.23. The highest BCUT2D eigenvalue weighted by Gasteiger charge is 2.33. The maximum absolute atomic E-state index is 12.7. The Morgan fingerprint density at radius 2 is 1.90 bits per heavy atom. The molecular formula is C15H22N2O4. The second-order valence-electron chi connectivity index (χ2n) is 5.19. The Morgan fingerprint density at radius 3 is 2.48 bits per heavy atom. The molecule has 6 heteroatoms. The maximum atomic E-state index is 12.7. The molecule has 2 rings (SSSR count). The van der Waals surface area contributed by atoms with Gasteiger partial charge in [-0.2, -0.15) is 4.98 Å². The number of carbonyl (C=O) groups excluding carboxylic acids is 1. The molecule has 0 aliphatic heterocycles. The molecule has 1 fully saturated rings. The van der Waals surface area contributed by atoms with E-state index in [2.05, 4.69) is 9.97 Å². The van der Waals surface area contributed by atoms with E-state index in [0.717, 1.165) is 25.7 Å². The summed E-state index contributed by atoms with van der Waals surface area (Å²) >= 11 is 0. The monoisotopic (exact) mass is 294 g/mol. The first-order chi connectivity index (χ1) is 10.2. The molecule has 21 heavy (non-hydrogen) atoms. The van der Waals surface area contributed by atoms with Gasteiger partial charge in [-0.15, -0.1) is 0 Å². The molecule has 1 aromatic rings. The quantitative estimate of drug-likeness (QED) is 0.750. The third-order valence-corrected chi connectivity index (χ3v) is 3.94. The molecule has 1 unspecified atom stereocenters. The first-order valence-electron chi connectivity index (χ1n) is 7.23. The van der Waals surface area contributed by atoms with Gasteiger partial charge in [-0.25, -0.2) is 4.98 Å². The Hall–Kier alpha value is -1.69. The van der Waals surface area contributed by atoms with Crippen molar-refractivity contribution >= 4 is 5.78 Å². The number of hydrogen-bond donors (Lipinski definition) is 0. The van der Waals surface area contributed by atoms with Crippen LogP contribution in [-0.2, 0) is 4.74 Å². The van der Waals surface area contributed by atoms with Gasteiger partial charge in [-0.05, 0) is 18.8 Å². The molecule has 1 heterocycles. The first kappa shape index (κ1) is 15.7. The molecule has 0 N–H and O–H groups in total. The fourth-order valence-electron chi connectivity index (χ4n) is 2.85. The minimum atomic E-state index is -0.484. The van der Waals surface area contributed by atoms with E-state index in [1.165, 1.54) is 26.8 Å². The molecule has 0 bridgehead atoms. The Bertz CT molecular complexity index is 487. The summed E-state index contributed by atoms with van der Waals surface area (Å²) in [7, 11) is 4.52. The van der Waals surface area contributed by atoms with Crippen molar-refractivity contribution in [1.82, 2.24) is 9.97 Å². The summed E-state index contributed by atoms with van der Waals surface area (Å²) in [6, 6.07) is 0. The van der Waals surface area contributed by atoms with Crippen molar-refractivity contribution in [2.75, 3.05) is 21.3 Å². The zero-order valence-electron chi connectivity index (χ0n) is 12.8. The van der Waals surface area contributed by atoms with Gasteiger partial charge in [0.25, 0.3) is 0 Å². The van der Waals surface area contributed by atoms with Crippen LogP contribution >= 0.6 is 0 Å². The molecule has 1 aliphatic carbocycles. The molecule has 0 amide bonds. The van der Waals surface area contributed by atoms with Gasteiger partial charge in [0.05, 0.1) is 20.4 Å². The van der Waals surface area contributed by atoms with Crippen molar-refractivity contribution in [3.8, 4) is 11.8 Å². The van der Waals surface area contributed by atoms with E-state index in [1.807, 2.05) is 0 Å². The lowest BCUT2D eigenvalue weighted by Gasteiger charge is -2.28. The average molecular weight is 294 g/mol. The number of carbonyl (C=O) groups is 1. The van der Waals surface area contributed by atoms with Crippen molar-refractivity contribution in [3.05, 3.63) is 11.9 Å². The van der Waals surface area contributed by atoms with Gasteiger partial charge < -0.3 is 14.2 Å². The van der Waals surface area contributed by atoms with Crippen molar-refractivity contribution in [1.29, 1.82) is 0 Å². The van der Waals surface area contributed by atoms with Gasteiger partial charge in [-0.3, -0.25) is 4.79 Å². The van der Waals surface area contributed by atoms with Crippen LogP contribution < -0.4 is 9.47 Å². The van der Waals surface area contributed by atoms with Gasteiger partial charge in [0, 0.05) is 7.11 Å². The summed E-state index contributed by atoms with van der Waals surface area (Å²) in [6.45, 7) is 0. The van der Waals surface area contributed by atoms with E-state index in [9.17, 15) is 4.79 Å². The minimum Gasteiger partial charge on any atom is -0.480 e. The fourth-order valence-corrected chi connectivity index (χ4v) is 2.85. The Kier molecular flexibility index (Phi) is 5.50. The van der Waals surface area contributed by atoms with Crippen LogP contribution in [0.2, 0.25) is 0 Å². The molecule has 0 aromatic carbocycles. The molecule has 1 saturated carbocycles. The Labute approximate surface area is 124 Å². The van der Waals surface area contributed by atoms with E-state index in [-0.39, 0.29) is 23.3 Å². The summed E-state index contributed by atoms with van der Waals surface area (Å²) in [5.74, 6) is 0.563. The van der Waals surface area contributed by atoms with Crippen molar-refractivity contribution in [2.45, 2.75) is 38.2 Å². The van der Waals surface area contributed by atoms with Crippen LogP contribution in [0.15, 0.2) is 6.20 Å². The Balaban J connectivity index is 2.24. The van der Waals surface area contributed by atoms with E-state index < -0.39 is 6.10 Å². The van der Waals surface area contributed by atoms with Crippen LogP contribution in [0.1, 0.15) is 42.6 Å². The topological polar surface area (TPSA) is 70.5 Å². The SMILES string of the molecule is COc1cnc(C(=O)C(OC)C2CCCCC2)c(OC)n1. The molecule has 116 valence electrons. The van der Waals surface area contributed by atoms with Crippen LogP contribution in [0, 0.1) is 5.92 Å². The number of ether oxygens (including phenoxy) is 3. The normalized spacial score (nSPS) is 17.3. The molecule has 1 atom stereocenters. The van der Waals surface area contributed by atoms with Gasteiger partial charge >= 0.3 is 0 Å². The second kappa shape index (κ2) is 7.36. The number of rotatable bonds is 6. The maximum Gasteiger partial charge on any atom is 0.246 e. The predicted molar refractivity (Wildman–Crippen MR) is 76.8 cm³/mol. The van der Waals surface area contributed by atoms with Crippen LogP contribution in [0.5, 0.6) is 11.8 Å². The number of hydrogen-bond acceptors (Lipinski definition) is 6. The van der Waals surface area contributed by atoms with Crippen molar-refractivity contribution in [2.24, 2.45) is 5.92 Å². The summed E-state index contributed by atoms with van der Waals surface area (Å²) in [5, 5.41) is 0. The van der Waals surface area contributed by atoms with Crippen molar-refractivity contribution in [3.63, 3.8) is 0 Å². The lowest BCUT2D eigenvalue weighted by Crippen LogP contribution is -2.34. The standard InChI is InChI=1S/C15H22N2O4/c1-19-11-9-16-12(15(17-11)21-3)13(18)14(20-2)10-7-5-4-6-8-10/h9-10,14H,4-8H2,1-3H3. The third-order valence-electron chi connectivity index (χ3n) is 3.94. The number of Topliss-reactive ketones (excluding diaryl/α,β-unsaturated/α-hetero) is 1. The van der Waals surface area contributed by atoms with Crippen LogP contribution in [-0.4, -0.2) is 43.2 Å². The lowest BCUT2D eigenvalue weighted by atomic mass is 9.83. The summed E-state index contributed by atoms with van der Waals surface area (Å²) in [5.41, 5.74) is 0.204. The summed E-state index contributed by atoms with van der Waals surface area (Å²) < 4.78 is 15.6. The number of aromatic nitrogens is 2. The number of nitrogens with zero attached hydrogens (tertiary/aromatic N) is 2. The molecular weight excluding hydrogens is 272 g/mol. The zero-order valence-corrected chi connectivity index (χ0v) is 12.8. The molecule has 6 nitrogen and oxygen atoms in total. The second-order valence-corrected chi connectivity index (χ2v) is 5.19. The molecule has 0 saturated heterocycles. The lowest BCUT2D eigenvalue weighted by molar-refractivity contribution is 0.0306. The van der Waals surface area contributed by atoms with Crippen LogP contribution in [0.4, 0.5) is 0 Å². The van der Waals surface area contributed by atoms with Crippen LogP contribution in [0.25, 0.3) is 0 Å². The number of methoxy groups -OCH3 is 3. The fraction of sp³-hybridized carbons (Fsp3) is 0.667. The summed E-state index contributed by atoms with van der Waals surface area (Å²) in [6.07, 6.45) is 6.47. The van der Waals surface area contributed by atoms with Crippen molar-refractivity contribution < 1.29 is 19.0 Å². The van der Waals surface area contributed by atoms with E-state index in [1.54, 1.807) is 7.11 Å². The highest BCUT2D eigenvalue weighted by molar-refractivity contribution is 5.99. The molecule has 0 radical (unpaired) electrons. The smallest absolute Gasteiger partial charge is 0.246 e. The van der Waals surface area contributed by atoms with E-state index >= 15 is 0 Å². The highest BCUT2D eigenvalue weighted by Crippen LogP contribution is 2.30. The van der Waals surface area contributed by atoms with Crippen LogP contribution in [0.3, 0.4) is 0 Å². The van der Waals surface area contributed by atoms with E-state index in [0.29, 0.717) is 5.88 Å². The number of ketones is 1. The van der Waals surface area contributed by atoms with Gasteiger partial charge in [0.2, 0.25) is 17.5 Å². The molecule has 0 spiro atoms. The molecule has 1 aromatic heterocycles. The third kappa shape index (κ3) is 3.50. The molecule has 1 aliphatic rings. The highest BCUT2D eigenvalue weighted by atomic mass is 16.5. The predicted octanol–water partition coefficient (Wildman–Crippen LogP) is 2.27. The largest absolute Gasteiger partial charge is 0.480 e. The average Bonchev–Trinajstić information content (AvgIpc) is 2.55. The van der Waals surface area contributed by atoms with E-state index in [4.69, 9.17) is 14.2 Å². The Morgan fingerprint density at radius 1 is 1.19 bits per heavy atom. The van der Waals surface area contributed by atoms with Gasteiger partial charge in [0.15, 0.2) is 5.69 Å². The zero-order chi connectivity index (χ0) is 15.2.